The number of halogens is 1. The van der Waals surface area contributed by atoms with Crippen LogP contribution in [0.1, 0.15) is 29.5 Å². The molecule has 0 atom stereocenters. The first-order valence-electron chi connectivity index (χ1n) is 7.27. The molecular formula is C14H23ClN4O. The van der Waals surface area contributed by atoms with Gasteiger partial charge in [-0.25, -0.2) is 0 Å². The highest BCUT2D eigenvalue weighted by Crippen LogP contribution is 2.11. The zero-order valence-electron chi connectivity index (χ0n) is 12.3. The Bertz CT molecular complexity index is 460. The molecule has 1 aromatic heterocycles. The van der Waals surface area contributed by atoms with Crippen molar-refractivity contribution in [3.8, 4) is 0 Å². The highest BCUT2D eigenvalue weighted by atomic mass is 35.5. The van der Waals surface area contributed by atoms with Crippen LogP contribution in [0.25, 0.3) is 0 Å². The third-order valence-corrected chi connectivity index (χ3v) is 3.87. The minimum atomic E-state index is 0.0974. The second kappa shape index (κ2) is 7.09. The molecule has 20 heavy (non-hydrogen) atoms. The third kappa shape index (κ3) is 3.52. The maximum atomic E-state index is 12.6. The monoisotopic (exact) mass is 298 g/mol. The molecule has 0 bridgehead atoms. The second-order valence-corrected chi connectivity index (χ2v) is 5.54. The fourth-order valence-corrected chi connectivity index (χ4v) is 2.88. The third-order valence-electron chi connectivity index (χ3n) is 3.70. The zero-order valence-corrected chi connectivity index (χ0v) is 13.1. The maximum absolute atomic E-state index is 12.6. The molecule has 1 aromatic rings. The number of amides is 1. The van der Waals surface area contributed by atoms with Crippen molar-refractivity contribution in [2.75, 3.05) is 38.6 Å². The Labute approximate surface area is 125 Å². The van der Waals surface area contributed by atoms with Crippen LogP contribution in [0.15, 0.2) is 6.07 Å². The zero-order chi connectivity index (χ0) is 14.5. The highest BCUT2D eigenvalue weighted by Gasteiger charge is 2.22. The number of aryl methyl sites for hydroxylation is 2. The van der Waals surface area contributed by atoms with E-state index in [9.17, 15) is 4.79 Å². The Morgan fingerprint density at radius 1 is 1.35 bits per heavy atom. The second-order valence-electron chi connectivity index (χ2n) is 5.16. The van der Waals surface area contributed by atoms with Crippen LogP contribution in [0.5, 0.6) is 0 Å². The quantitative estimate of drug-likeness (QED) is 0.793. The minimum absolute atomic E-state index is 0.0974. The molecule has 0 radical (unpaired) electrons. The fourth-order valence-electron chi connectivity index (χ4n) is 2.64. The van der Waals surface area contributed by atoms with E-state index in [1.807, 2.05) is 24.8 Å². The number of carbonyl (C=O) groups is 1. The van der Waals surface area contributed by atoms with Crippen LogP contribution in [-0.2, 0) is 6.54 Å². The lowest BCUT2D eigenvalue weighted by atomic mass is 10.3. The molecule has 1 saturated heterocycles. The van der Waals surface area contributed by atoms with Crippen molar-refractivity contribution < 1.29 is 4.79 Å². The number of hydrogen-bond acceptors (Lipinski definition) is 3. The average Bonchev–Trinajstić information content (AvgIpc) is 2.66. The standard InChI is InChI=1S/C14H23ClN4O/c1-3-19-13(11-12(2)16-19)14(20)18-7-4-6-17(8-5-15)9-10-18/h11H,3-10H2,1-2H3. The highest BCUT2D eigenvalue weighted by molar-refractivity contribution is 6.18. The summed E-state index contributed by atoms with van der Waals surface area (Å²) in [6.07, 6.45) is 1.00. The molecule has 6 heteroatoms. The lowest BCUT2D eigenvalue weighted by Gasteiger charge is -2.21. The molecule has 2 rings (SSSR count). The van der Waals surface area contributed by atoms with E-state index in [1.54, 1.807) is 4.68 Å². The summed E-state index contributed by atoms with van der Waals surface area (Å²) in [5.41, 5.74) is 1.60. The molecule has 0 unspecified atom stereocenters. The summed E-state index contributed by atoms with van der Waals surface area (Å²) in [6.45, 7) is 9.05. The van der Waals surface area contributed by atoms with Gasteiger partial charge in [-0.1, -0.05) is 0 Å². The van der Waals surface area contributed by atoms with E-state index in [-0.39, 0.29) is 5.91 Å². The molecule has 0 aliphatic carbocycles. The van der Waals surface area contributed by atoms with E-state index < -0.39 is 0 Å². The van der Waals surface area contributed by atoms with Gasteiger partial charge in [0.05, 0.1) is 5.69 Å². The summed E-state index contributed by atoms with van der Waals surface area (Å²) in [4.78, 5) is 16.9. The Hall–Kier alpha value is -1.07. The van der Waals surface area contributed by atoms with Crippen LogP contribution >= 0.6 is 11.6 Å². The predicted molar refractivity (Wildman–Crippen MR) is 80.3 cm³/mol. The van der Waals surface area contributed by atoms with Crippen molar-refractivity contribution in [3.05, 3.63) is 17.5 Å². The van der Waals surface area contributed by atoms with Gasteiger partial charge in [0.25, 0.3) is 5.91 Å². The van der Waals surface area contributed by atoms with Gasteiger partial charge in [-0.3, -0.25) is 9.48 Å². The van der Waals surface area contributed by atoms with Crippen molar-refractivity contribution >= 4 is 17.5 Å². The van der Waals surface area contributed by atoms with Gasteiger partial charge in [0.1, 0.15) is 5.69 Å². The minimum Gasteiger partial charge on any atom is -0.336 e. The van der Waals surface area contributed by atoms with Crippen LogP contribution in [0.2, 0.25) is 0 Å². The Morgan fingerprint density at radius 2 is 2.15 bits per heavy atom. The van der Waals surface area contributed by atoms with E-state index >= 15 is 0 Å². The van der Waals surface area contributed by atoms with Gasteiger partial charge in [-0.15, -0.1) is 11.6 Å². The first-order valence-corrected chi connectivity index (χ1v) is 7.81. The number of aromatic nitrogens is 2. The Balaban J connectivity index is 2.05. The summed E-state index contributed by atoms with van der Waals surface area (Å²) in [5.74, 6) is 0.746. The van der Waals surface area contributed by atoms with Gasteiger partial charge in [-0.2, -0.15) is 5.10 Å². The van der Waals surface area contributed by atoms with Crippen molar-refractivity contribution in [3.63, 3.8) is 0 Å². The average molecular weight is 299 g/mol. The number of nitrogens with zero attached hydrogens (tertiary/aromatic N) is 4. The summed E-state index contributed by atoms with van der Waals surface area (Å²) in [6, 6.07) is 1.88. The molecule has 1 fully saturated rings. The Morgan fingerprint density at radius 3 is 2.85 bits per heavy atom. The summed E-state index contributed by atoms with van der Waals surface area (Å²) in [5, 5.41) is 4.35. The van der Waals surface area contributed by atoms with Crippen LogP contribution in [0, 0.1) is 6.92 Å². The molecule has 0 spiro atoms. The molecule has 0 aromatic carbocycles. The molecule has 0 saturated carbocycles. The van der Waals surface area contributed by atoms with Crippen molar-refractivity contribution in [1.82, 2.24) is 19.6 Å². The van der Waals surface area contributed by atoms with Crippen LogP contribution in [0.3, 0.4) is 0 Å². The van der Waals surface area contributed by atoms with Crippen LogP contribution in [-0.4, -0.2) is 64.1 Å². The lowest BCUT2D eigenvalue weighted by Crippen LogP contribution is -2.36. The van der Waals surface area contributed by atoms with E-state index in [1.165, 1.54) is 0 Å². The molecule has 2 heterocycles. The van der Waals surface area contributed by atoms with Crippen molar-refractivity contribution in [2.24, 2.45) is 0 Å². The molecule has 5 nitrogen and oxygen atoms in total. The Kier molecular flexibility index (Phi) is 5.43. The van der Waals surface area contributed by atoms with Crippen LogP contribution in [0.4, 0.5) is 0 Å². The SMILES string of the molecule is CCn1nc(C)cc1C(=O)N1CCCN(CCCl)CC1. The summed E-state index contributed by atoms with van der Waals surface area (Å²) in [7, 11) is 0. The van der Waals surface area contributed by atoms with E-state index in [0.29, 0.717) is 11.6 Å². The van der Waals surface area contributed by atoms with E-state index in [2.05, 4.69) is 10.00 Å². The van der Waals surface area contributed by atoms with Gasteiger partial charge < -0.3 is 9.80 Å². The number of alkyl halides is 1. The normalized spacial score (nSPS) is 17.2. The molecule has 0 N–H and O–H groups in total. The predicted octanol–water partition coefficient (Wildman–Crippen LogP) is 1.60. The summed E-state index contributed by atoms with van der Waals surface area (Å²) < 4.78 is 1.79. The van der Waals surface area contributed by atoms with Crippen molar-refractivity contribution in [1.29, 1.82) is 0 Å². The van der Waals surface area contributed by atoms with Gasteiger partial charge in [0.15, 0.2) is 0 Å². The maximum Gasteiger partial charge on any atom is 0.272 e. The van der Waals surface area contributed by atoms with Gasteiger partial charge in [-0.05, 0) is 32.9 Å². The number of carbonyl (C=O) groups excluding carboxylic acids is 1. The number of rotatable bonds is 4. The topological polar surface area (TPSA) is 41.4 Å². The van der Waals surface area contributed by atoms with Crippen LogP contribution < -0.4 is 0 Å². The molecule has 112 valence electrons. The fraction of sp³-hybridized carbons (Fsp3) is 0.714. The van der Waals surface area contributed by atoms with Gasteiger partial charge in [0.2, 0.25) is 0 Å². The molecule has 1 aliphatic heterocycles. The molecule has 1 amide bonds. The van der Waals surface area contributed by atoms with E-state index in [0.717, 1.165) is 51.4 Å². The first-order chi connectivity index (χ1) is 9.65. The smallest absolute Gasteiger partial charge is 0.272 e. The van der Waals surface area contributed by atoms with Crippen molar-refractivity contribution in [2.45, 2.75) is 26.8 Å². The lowest BCUT2D eigenvalue weighted by molar-refractivity contribution is 0.0749. The summed E-state index contributed by atoms with van der Waals surface area (Å²) >= 11 is 5.79. The first kappa shape index (κ1) is 15.3. The molecule has 1 aliphatic rings. The van der Waals surface area contributed by atoms with E-state index in [4.69, 9.17) is 11.6 Å². The van der Waals surface area contributed by atoms with Gasteiger partial charge in [0, 0.05) is 38.6 Å². The number of hydrogen-bond donors (Lipinski definition) is 0. The molecular weight excluding hydrogens is 276 g/mol. The van der Waals surface area contributed by atoms with Gasteiger partial charge >= 0.3 is 0 Å². The largest absolute Gasteiger partial charge is 0.336 e.